The van der Waals surface area contributed by atoms with Gasteiger partial charge in [0, 0.05) is 17.2 Å². The van der Waals surface area contributed by atoms with Crippen molar-refractivity contribution in [3.05, 3.63) is 51.0 Å². The maximum absolute atomic E-state index is 12.1. The second-order valence-corrected chi connectivity index (χ2v) is 5.67. The number of thiazole rings is 1. The number of nitrogens with zero attached hydrogens (tertiary/aromatic N) is 1. The van der Waals surface area contributed by atoms with Gasteiger partial charge in [0.15, 0.2) is 5.13 Å². The summed E-state index contributed by atoms with van der Waals surface area (Å²) in [6.07, 6.45) is 3.83. The maximum Gasteiger partial charge on any atom is 0.328 e. The van der Waals surface area contributed by atoms with Gasteiger partial charge in [-0.3, -0.25) is 10.1 Å². The molecule has 0 radical (unpaired) electrons. The summed E-state index contributed by atoms with van der Waals surface area (Å²) in [7, 11) is 0. The Morgan fingerprint density at radius 3 is 2.57 bits per heavy atom. The molecule has 0 bridgehead atoms. The number of rotatable bonds is 4. The Hall–Kier alpha value is -1.89. The summed E-state index contributed by atoms with van der Waals surface area (Å²) < 4.78 is 0. The van der Waals surface area contributed by atoms with E-state index in [0.29, 0.717) is 10.0 Å². The molecule has 0 spiro atoms. The Morgan fingerprint density at radius 1 is 1.29 bits per heavy atom. The van der Waals surface area contributed by atoms with E-state index in [9.17, 15) is 9.59 Å². The number of halogens is 2. The van der Waals surface area contributed by atoms with Gasteiger partial charge in [0.05, 0.1) is 15.6 Å². The van der Waals surface area contributed by atoms with Crippen LogP contribution in [-0.2, 0) is 4.79 Å². The highest BCUT2D eigenvalue weighted by Crippen LogP contribution is 2.26. The normalized spacial score (nSPS) is 10.8. The van der Waals surface area contributed by atoms with Crippen LogP contribution < -0.4 is 5.32 Å². The minimum Gasteiger partial charge on any atom is -0.478 e. The molecule has 0 saturated heterocycles. The molecule has 2 N–H and O–H groups in total. The fraction of sp³-hybridized carbons (Fsp3) is 0. The monoisotopic (exact) mass is 342 g/mol. The Labute approximate surface area is 133 Å². The van der Waals surface area contributed by atoms with Crippen LogP contribution in [0.5, 0.6) is 0 Å². The van der Waals surface area contributed by atoms with E-state index in [1.807, 2.05) is 0 Å². The first-order valence-electron chi connectivity index (χ1n) is 5.59. The number of hydrogen-bond acceptors (Lipinski definition) is 4. The van der Waals surface area contributed by atoms with Crippen molar-refractivity contribution in [2.24, 2.45) is 0 Å². The number of carboxylic acids is 1. The number of anilines is 1. The molecule has 0 atom stereocenters. The first-order chi connectivity index (χ1) is 9.97. The second kappa shape index (κ2) is 6.71. The third-order valence-corrected chi connectivity index (χ3v) is 3.83. The predicted molar refractivity (Wildman–Crippen MR) is 83.2 cm³/mol. The average Bonchev–Trinajstić information content (AvgIpc) is 2.83. The molecule has 0 fully saturated rings. The zero-order valence-electron chi connectivity index (χ0n) is 10.3. The van der Waals surface area contributed by atoms with Gasteiger partial charge in [0.25, 0.3) is 5.91 Å². The summed E-state index contributed by atoms with van der Waals surface area (Å²) in [6.45, 7) is 0. The molecule has 1 amide bonds. The van der Waals surface area contributed by atoms with Crippen molar-refractivity contribution in [1.29, 1.82) is 0 Å². The van der Waals surface area contributed by atoms with Crippen molar-refractivity contribution < 1.29 is 14.7 Å². The number of aliphatic carboxylic acids is 1. The molecular formula is C13H8Cl2N2O3S. The summed E-state index contributed by atoms with van der Waals surface area (Å²) in [4.78, 5) is 27.1. The number of carbonyl (C=O) groups is 2. The Kier molecular flexibility index (Phi) is 4.95. The van der Waals surface area contributed by atoms with E-state index < -0.39 is 11.9 Å². The third kappa shape index (κ3) is 4.04. The van der Waals surface area contributed by atoms with Crippen molar-refractivity contribution in [3.63, 3.8) is 0 Å². The fourth-order valence-corrected chi connectivity index (χ4v) is 2.73. The minimum atomic E-state index is -1.06. The summed E-state index contributed by atoms with van der Waals surface area (Å²) in [5.74, 6) is -1.54. The van der Waals surface area contributed by atoms with E-state index in [1.165, 1.54) is 12.3 Å². The van der Waals surface area contributed by atoms with E-state index in [-0.39, 0.29) is 15.6 Å². The largest absolute Gasteiger partial charge is 0.478 e. The zero-order valence-corrected chi connectivity index (χ0v) is 12.7. The summed E-state index contributed by atoms with van der Waals surface area (Å²) in [6, 6.07) is 4.76. The van der Waals surface area contributed by atoms with Crippen molar-refractivity contribution >= 4 is 57.6 Å². The molecule has 2 rings (SSSR count). The van der Waals surface area contributed by atoms with Crippen LogP contribution in [0, 0.1) is 0 Å². The van der Waals surface area contributed by atoms with Gasteiger partial charge in [0.1, 0.15) is 0 Å². The quantitative estimate of drug-likeness (QED) is 0.828. The number of carbonyl (C=O) groups excluding carboxylic acids is 1. The Morgan fingerprint density at radius 2 is 1.95 bits per heavy atom. The molecule has 0 aliphatic rings. The maximum atomic E-state index is 12.1. The summed E-state index contributed by atoms with van der Waals surface area (Å²) in [5, 5.41) is 11.9. The van der Waals surface area contributed by atoms with Crippen molar-refractivity contribution in [2.45, 2.75) is 0 Å². The SMILES string of the molecule is O=C(O)C=Cc1cnc(NC(=O)c2c(Cl)cccc2Cl)s1. The minimum absolute atomic E-state index is 0.165. The molecule has 5 nitrogen and oxygen atoms in total. The van der Waals surface area contributed by atoms with Gasteiger partial charge < -0.3 is 5.11 Å². The van der Waals surface area contributed by atoms with Crippen molar-refractivity contribution in [2.75, 3.05) is 5.32 Å². The molecular weight excluding hydrogens is 335 g/mol. The lowest BCUT2D eigenvalue weighted by atomic mass is 10.2. The Balaban J connectivity index is 2.15. The van der Waals surface area contributed by atoms with E-state index in [4.69, 9.17) is 28.3 Å². The van der Waals surface area contributed by atoms with E-state index in [1.54, 1.807) is 18.2 Å². The van der Waals surface area contributed by atoms with E-state index in [0.717, 1.165) is 17.4 Å². The number of aromatic nitrogens is 1. The standard InChI is InChI=1S/C13H8Cl2N2O3S/c14-8-2-1-3-9(15)11(8)12(20)17-13-16-6-7(21-13)4-5-10(18)19/h1-6H,(H,18,19)(H,16,17,20). The molecule has 2 aromatic rings. The second-order valence-electron chi connectivity index (χ2n) is 3.79. The molecule has 1 aromatic carbocycles. The summed E-state index contributed by atoms with van der Waals surface area (Å²) >= 11 is 13.0. The lowest BCUT2D eigenvalue weighted by Gasteiger charge is -2.05. The molecule has 0 aliphatic carbocycles. The third-order valence-electron chi connectivity index (χ3n) is 2.32. The fourth-order valence-electron chi connectivity index (χ4n) is 1.45. The van der Waals surface area contributed by atoms with Gasteiger partial charge in [-0.2, -0.15) is 0 Å². The number of carboxylic acid groups (broad SMARTS) is 1. The molecule has 0 aliphatic heterocycles. The molecule has 0 saturated carbocycles. The highest BCUT2D eigenvalue weighted by atomic mass is 35.5. The van der Waals surface area contributed by atoms with Crippen LogP contribution in [0.25, 0.3) is 6.08 Å². The van der Waals surface area contributed by atoms with Gasteiger partial charge in [0.2, 0.25) is 0 Å². The molecule has 108 valence electrons. The van der Waals surface area contributed by atoms with Gasteiger partial charge >= 0.3 is 5.97 Å². The molecule has 8 heteroatoms. The number of amides is 1. The topological polar surface area (TPSA) is 79.3 Å². The smallest absolute Gasteiger partial charge is 0.328 e. The lowest BCUT2D eigenvalue weighted by molar-refractivity contribution is -0.131. The van der Waals surface area contributed by atoms with Crippen LogP contribution in [0.4, 0.5) is 5.13 Å². The van der Waals surface area contributed by atoms with Gasteiger partial charge in [-0.1, -0.05) is 40.6 Å². The molecule has 21 heavy (non-hydrogen) atoms. The van der Waals surface area contributed by atoms with Crippen LogP contribution in [-0.4, -0.2) is 22.0 Å². The number of nitrogens with one attached hydrogen (secondary N) is 1. The first kappa shape index (κ1) is 15.5. The van der Waals surface area contributed by atoms with Crippen LogP contribution in [0.3, 0.4) is 0 Å². The number of benzene rings is 1. The van der Waals surface area contributed by atoms with Gasteiger partial charge in [-0.05, 0) is 18.2 Å². The van der Waals surface area contributed by atoms with Crippen LogP contribution >= 0.6 is 34.5 Å². The van der Waals surface area contributed by atoms with E-state index >= 15 is 0 Å². The predicted octanol–water partition coefficient (Wildman–Crippen LogP) is 3.80. The highest BCUT2D eigenvalue weighted by molar-refractivity contribution is 7.16. The molecule has 0 unspecified atom stereocenters. The van der Waals surface area contributed by atoms with Crippen molar-refractivity contribution in [1.82, 2.24) is 4.98 Å². The van der Waals surface area contributed by atoms with E-state index in [2.05, 4.69) is 10.3 Å². The molecule has 1 aromatic heterocycles. The van der Waals surface area contributed by atoms with Gasteiger partial charge in [-0.25, -0.2) is 9.78 Å². The highest BCUT2D eigenvalue weighted by Gasteiger charge is 2.15. The van der Waals surface area contributed by atoms with Crippen LogP contribution in [0.1, 0.15) is 15.2 Å². The zero-order chi connectivity index (χ0) is 15.4. The number of hydrogen-bond donors (Lipinski definition) is 2. The Bertz CT molecular complexity index is 708. The van der Waals surface area contributed by atoms with Gasteiger partial charge in [-0.15, -0.1) is 0 Å². The molecule has 1 heterocycles. The lowest BCUT2D eigenvalue weighted by Crippen LogP contribution is -2.12. The summed E-state index contributed by atoms with van der Waals surface area (Å²) in [5.41, 5.74) is 0.165. The van der Waals surface area contributed by atoms with Crippen LogP contribution in [0.15, 0.2) is 30.5 Å². The van der Waals surface area contributed by atoms with Crippen molar-refractivity contribution in [3.8, 4) is 0 Å². The average molecular weight is 343 g/mol. The first-order valence-corrected chi connectivity index (χ1v) is 7.17. The van der Waals surface area contributed by atoms with Crippen LogP contribution in [0.2, 0.25) is 10.0 Å².